The van der Waals surface area contributed by atoms with Gasteiger partial charge in [0.25, 0.3) is 11.4 Å². The second-order valence-electron chi connectivity index (χ2n) is 7.97. The summed E-state index contributed by atoms with van der Waals surface area (Å²) in [6.45, 7) is 10.2. The van der Waals surface area contributed by atoms with Gasteiger partial charge in [-0.25, -0.2) is 0 Å². The summed E-state index contributed by atoms with van der Waals surface area (Å²) in [5.41, 5.74) is 5.11. The van der Waals surface area contributed by atoms with Gasteiger partial charge < -0.3 is 5.32 Å². The molecule has 0 amide bonds. The molecule has 0 spiro atoms. The number of fused-ring (bicyclic) bond motifs is 1. The summed E-state index contributed by atoms with van der Waals surface area (Å²) in [4.78, 5) is 21.1. The number of hydrogen-bond donors (Lipinski definition) is 1. The van der Waals surface area contributed by atoms with Crippen LogP contribution in [0.25, 0.3) is 0 Å². The molecule has 152 valence electrons. The molecule has 0 aromatic heterocycles. The molecular weight excluding hydrogens is 374 g/mol. The normalized spacial score (nSPS) is 15.1. The number of anilines is 1. The molecule has 0 atom stereocenters. The van der Waals surface area contributed by atoms with Crippen molar-refractivity contribution in [2.45, 2.75) is 53.0 Å². The fourth-order valence-corrected chi connectivity index (χ4v) is 3.64. The van der Waals surface area contributed by atoms with Crippen LogP contribution in [0.2, 0.25) is 0 Å². The van der Waals surface area contributed by atoms with Crippen molar-refractivity contribution in [3.8, 4) is 0 Å². The first-order valence-corrected chi connectivity index (χ1v) is 9.27. The maximum absolute atomic E-state index is 11.3. The van der Waals surface area contributed by atoms with Crippen LogP contribution in [-0.2, 0) is 6.42 Å². The van der Waals surface area contributed by atoms with E-state index in [1.165, 1.54) is 0 Å². The average molecular weight is 397 g/mol. The van der Waals surface area contributed by atoms with Crippen molar-refractivity contribution in [3.63, 3.8) is 0 Å². The molecule has 2 aromatic carbocycles. The summed E-state index contributed by atoms with van der Waals surface area (Å²) in [6, 6.07) is 3.24. The minimum Gasteiger partial charge on any atom is -0.380 e. The number of nitrogens with zero attached hydrogens (tertiary/aromatic N) is 4. The summed E-state index contributed by atoms with van der Waals surface area (Å²) < 4.78 is 0. The molecule has 0 aliphatic carbocycles. The summed E-state index contributed by atoms with van der Waals surface area (Å²) >= 11 is 0. The Kier molecular flexibility index (Phi) is 5.08. The Balaban J connectivity index is 2.11. The monoisotopic (exact) mass is 397 g/mol. The molecule has 0 saturated heterocycles. The van der Waals surface area contributed by atoms with Crippen LogP contribution >= 0.6 is 0 Å². The van der Waals surface area contributed by atoms with Gasteiger partial charge in [0.15, 0.2) is 5.69 Å². The van der Waals surface area contributed by atoms with E-state index in [0.717, 1.165) is 59.0 Å². The predicted molar refractivity (Wildman–Crippen MR) is 111 cm³/mol. The first-order valence-electron chi connectivity index (χ1n) is 9.27. The molecule has 9 nitrogen and oxygen atoms in total. The highest BCUT2D eigenvalue weighted by Crippen LogP contribution is 2.42. The number of hydrogen-bond acceptors (Lipinski definition) is 7. The zero-order valence-electron chi connectivity index (χ0n) is 17.1. The van der Waals surface area contributed by atoms with Crippen LogP contribution in [0.4, 0.5) is 28.4 Å². The maximum atomic E-state index is 11.3. The predicted octanol–water partition coefficient (Wildman–Crippen LogP) is 5.98. The van der Waals surface area contributed by atoms with Crippen molar-refractivity contribution in [2.24, 2.45) is 10.2 Å². The Labute approximate surface area is 168 Å². The highest BCUT2D eigenvalue weighted by molar-refractivity contribution is 5.73. The molecule has 0 saturated carbocycles. The number of azo groups is 1. The fourth-order valence-electron chi connectivity index (χ4n) is 3.64. The highest BCUT2D eigenvalue weighted by Gasteiger charge is 2.28. The number of benzene rings is 2. The van der Waals surface area contributed by atoms with Crippen LogP contribution in [0, 0.1) is 41.0 Å². The van der Waals surface area contributed by atoms with Crippen molar-refractivity contribution >= 4 is 28.4 Å². The van der Waals surface area contributed by atoms with Crippen LogP contribution < -0.4 is 5.32 Å². The van der Waals surface area contributed by atoms with E-state index in [2.05, 4.69) is 29.4 Å². The van der Waals surface area contributed by atoms with E-state index in [-0.39, 0.29) is 22.6 Å². The number of non-ortho nitro benzene ring substituents is 1. The third kappa shape index (κ3) is 3.80. The van der Waals surface area contributed by atoms with E-state index in [4.69, 9.17) is 0 Å². The minimum absolute atomic E-state index is 0.00323. The highest BCUT2D eigenvalue weighted by atomic mass is 16.6. The molecule has 0 fully saturated rings. The lowest BCUT2D eigenvalue weighted by Gasteiger charge is -2.36. The Morgan fingerprint density at radius 2 is 1.69 bits per heavy atom. The zero-order chi connectivity index (χ0) is 21.5. The molecule has 1 aliphatic heterocycles. The second kappa shape index (κ2) is 7.23. The molecule has 9 heteroatoms. The Morgan fingerprint density at radius 3 is 2.31 bits per heavy atom. The van der Waals surface area contributed by atoms with E-state index in [1.807, 2.05) is 20.8 Å². The van der Waals surface area contributed by atoms with Gasteiger partial charge in [-0.15, -0.1) is 10.2 Å². The van der Waals surface area contributed by atoms with Gasteiger partial charge in [-0.05, 0) is 69.7 Å². The molecule has 3 rings (SSSR count). The van der Waals surface area contributed by atoms with Crippen molar-refractivity contribution < 1.29 is 9.85 Å². The lowest BCUT2D eigenvalue weighted by Crippen LogP contribution is -2.36. The SMILES string of the molecule is Cc1c(C)c2c(c(C)c1/N=N/c1cc([N+](=O)[O-])ccc1[N+](=O)[O-])CCC(C)(C)N2. The lowest BCUT2D eigenvalue weighted by atomic mass is 9.84. The molecule has 0 radical (unpaired) electrons. The van der Waals surface area contributed by atoms with Crippen LogP contribution in [-0.4, -0.2) is 15.4 Å². The lowest BCUT2D eigenvalue weighted by molar-refractivity contribution is -0.388. The third-order valence-corrected chi connectivity index (χ3v) is 5.49. The largest absolute Gasteiger partial charge is 0.380 e. The molecule has 1 N–H and O–H groups in total. The molecule has 2 aromatic rings. The average Bonchev–Trinajstić information content (AvgIpc) is 2.65. The maximum Gasteiger partial charge on any atom is 0.297 e. The number of rotatable bonds is 4. The Morgan fingerprint density at radius 1 is 1.00 bits per heavy atom. The van der Waals surface area contributed by atoms with Crippen LogP contribution in [0.15, 0.2) is 28.4 Å². The van der Waals surface area contributed by atoms with Crippen LogP contribution in [0.3, 0.4) is 0 Å². The van der Waals surface area contributed by atoms with E-state index < -0.39 is 9.85 Å². The minimum atomic E-state index is -0.623. The van der Waals surface area contributed by atoms with E-state index >= 15 is 0 Å². The van der Waals surface area contributed by atoms with Crippen LogP contribution in [0.1, 0.15) is 42.5 Å². The van der Waals surface area contributed by atoms with E-state index in [9.17, 15) is 20.2 Å². The van der Waals surface area contributed by atoms with Gasteiger partial charge in [0.2, 0.25) is 0 Å². The molecule has 0 unspecified atom stereocenters. The van der Waals surface area contributed by atoms with Crippen molar-refractivity contribution in [1.82, 2.24) is 0 Å². The van der Waals surface area contributed by atoms with Gasteiger partial charge >= 0.3 is 0 Å². The van der Waals surface area contributed by atoms with Gasteiger partial charge in [0.1, 0.15) is 0 Å². The third-order valence-electron chi connectivity index (χ3n) is 5.49. The molecule has 1 heterocycles. The molecular formula is C20H23N5O4. The van der Waals surface area contributed by atoms with Crippen molar-refractivity contribution in [1.29, 1.82) is 0 Å². The van der Waals surface area contributed by atoms with Gasteiger partial charge in [0, 0.05) is 23.4 Å². The summed E-state index contributed by atoms with van der Waals surface area (Å²) in [6.07, 6.45) is 1.86. The van der Waals surface area contributed by atoms with Gasteiger partial charge in [0.05, 0.1) is 21.6 Å². The second-order valence-corrected chi connectivity index (χ2v) is 7.97. The number of nitrogens with one attached hydrogen (secondary N) is 1. The first kappa shape index (κ1) is 20.4. The number of nitro benzene ring substituents is 2. The summed E-state index contributed by atoms with van der Waals surface area (Å²) in [5.74, 6) is 0. The van der Waals surface area contributed by atoms with Gasteiger partial charge in [-0.1, -0.05) is 0 Å². The first-order chi connectivity index (χ1) is 13.5. The molecule has 1 aliphatic rings. The quantitative estimate of drug-likeness (QED) is 0.386. The van der Waals surface area contributed by atoms with E-state index in [0.29, 0.717) is 5.69 Å². The number of nitro groups is 2. The van der Waals surface area contributed by atoms with Crippen molar-refractivity contribution in [2.75, 3.05) is 5.32 Å². The van der Waals surface area contributed by atoms with Gasteiger partial charge in [-0.2, -0.15) is 0 Å². The zero-order valence-corrected chi connectivity index (χ0v) is 17.1. The molecule has 29 heavy (non-hydrogen) atoms. The summed E-state index contributed by atoms with van der Waals surface area (Å²) in [7, 11) is 0. The smallest absolute Gasteiger partial charge is 0.297 e. The van der Waals surface area contributed by atoms with Crippen molar-refractivity contribution in [3.05, 3.63) is 60.7 Å². The topological polar surface area (TPSA) is 123 Å². The molecule has 0 bridgehead atoms. The summed E-state index contributed by atoms with van der Waals surface area (Å²) in [5, 5.41) is 34.2. The fraction of sp³-hybridized carbons (Fsp3) is 0.400. The Hall–Kier alpha value is -3.36. The Bertz CT molecular complexity index is 1060. The van der Waals surface area contributed by atoms with E-state index in [1.54, 1.807) is 0 Å². The van der Waals surface area contributed by atoms with Crippen LogP contribution in [0.5, 0.6) is 0 Å². The van der Waals surface area contributed by atoms with Gasteiger partial charge in [-0.3, -0.25) is 20.2 Å². The standard InChI is InChI=1S/C20H23N5O4/c1-11-12(2)19-15(8-9-20(4,5)21-19)13(3)18(11)23-22-16-10-14(24(26)27)6-7-17(16)25(28)29/h6-7,10,21H,8-9H2,1-5H3/b23-22+.